The molecule has 0 unspecified atom stereocenters. The van der Waals surface area contributed by atoms with Gasteiger partial charge in [-0.2, -0.15) is 4.31 Å². The van der Waals surface area contributed by atoms with Gasteiger partial charge in [0.05, 0.1) is 10.9 Å². The second kappa shape index (κ2) is 9.67. The lowest BCUT2D eigenvalue weighted by molar-refractivity contribution is -0.126. The van der Waals surface area contributed by atoms with Gasteiger partial charge in [0, 0.05) is 19.0 Å². The molecule has 1 atom stereocenters. The highest BCUT2D eigenvalue weighted by molar-refractivity contribution is 7.89. The number of nitrogens with zero attached hydrogens (tertiary/aromatic N) is 1. The highest BCUT2D eigenvalue weighted by Gasteiger charge is 2.33. The number of sulfonamides is 1. The van der Waals surface area contributed by atoms with E-state index in [1.807, 2.05) is 61.5 Å². The lowest BCUT2D eigenvalue weighted by atomic mass is 9.94. The van der Waals surface area contributed by atoms with Crippen LogP contribution in [-0.4, -0.2) is 31.7 Å². The number of benzene rings is 3. The molecule has 166 valence electrons. The zero-order chi connectivity index (χ0) is 22.6. The molecule has 32 heavy (non-hydrogen) atoms. The van der Waals surface area contributed by atoms with Gasteiger partial charge in [0.25, 0.3) is 0 Å². The van der Waals surface area contributed by atoms with Gasteiger partial charge in [-0.15, -0.1) is 0 Å². The Kier molecular flexibility index (Phi) is 6.72. The summed E-state index contributed by atoms with van der Waals surface area (Å²) in [5, 5.41) is 3.22. The smallest absolute Gasteiger partial charge is 0.243 e. The number of amides is 1. The van der Waals surface area contributed by atoms with Crippen molar-refractivity contribution in [2.75, 3.05) is 13.1 Å². The van der Waals surface area contributed by atoms with Crippen molar-refractivity contribution in [2.24, 2.45) is 5.92 Å². The Balaban J connectivity index is 1.45. The fraction of sp³-hybridized carbons (Fsp3) is 0.269. The fourth-order valence-corrected chi connectivity index (χ4v) is 5.61. The van der Waals surface area contributed by atoms with Crippen LogP contribution in [0.15, 0.2) is 89.8 Å². The van der Waals surface area contributed by atoms with Crippen LogP contribution in [0.25, 0.3) is 0 Å². The van der Waals surface area contributed by atoms with Crippen LogP contribution in [0.3, 0.4) is 0 Å². The van der Waals surface area contributed by atoms with E-state index in [2.05, 4.69) is 5.32 Å². The summed E-state index contributed by atoms with van der Waals surface area (Å²) in [6, 6.07) is 26.3. The summed E-state index contributed by atoms with van der Waals surface area (Å²) in [5.74, 6) is -0.245. The topological polar surface area (TPSA) is 66.5 Å². The minimum Gasteiger partial charge on any atom is -0.345 e. The van der Waals surface area contributed by atoms with Crippen molar-refractivity contribution >= 4 is 15.9 Å². The zero-order valence-electron chi connectivity index (χ0n) is 18.1. The number of piperidine rings is 1. The molecule has 0 aliphatic carbocycles. The van der Waals surface area contributed by atoms with Crippen LogP contribution < -0.4 is 5.32 Å². The van der Waals surface area contributed by atoms with Crippen LogP contribution in [0.4, 0.5) is 0 Å². The first-order valence-electron chi connectivity index (χ1n) is 10.9. The number of hydrogen-bond donors (Lipinski definition) is 1. The van der Waals surface area contributed by atoms with E-state index in [1.165, 1.54) is 9.87 Å². The van der Waals surface area contributed by atoms with Crippen molar-refractivity contribution in [2.45, 2.75) is 30.7 Å². The van der Waals surface area contributed by atoms with E-state index in [0.717, 1.165) is 11.1 Å². The maximum absolute atomic E-state index is 13.2. The lowest BCUT2D eigenvalue weighted by Gasteiger charge is -2.31. The summed E-state index contributed by atoms with van der Waals surface area (Å²) in [4.78, 5) is 13.5. The summed E-state index contributed by atoms with van der Waals surface area (Å²) in [5.41, 5.74) is 3.21. The highest BCUT2D eigenvalue weighted by Crippen LogP contribution is 2.27. The van der Waals surface area contributed by atoms with Crippen molar-refractivity contribution in [1.82, 2.24) is 9.62 Å². The molecule has 0 aromatic heterocycles. The molecule has 3 aromatic rings. The maximum Gasteiger partial charge on any atom is 0.243 e. The number of carbonyl (C=O) groups is 1. The SMILES string of the molecule is Cc1ccc([C@H](NC(=O)C2CCN(S(=O)(=O)c3ccccc3)CC2)c2ccccc2)cc1. The largest absolute Gasteiger partial charge is 0.345 e. The first-order valence-corrected chi connectivity index (χ1v) is 12.4. The Morgan fingerprint density at radius 3 is 1.97 bits per heavy atom. The second-order valence-electron chi connectivity index (χ2n) is 8.25. The van der Waals surface area contributed by atoms with Gasteiger partial charge in [0.2, 0.25) is 15.9 Å². The van der Waals surface area contributed by atoms with E-state index in [0.29, 0.717) is 30.8 Å². The lowest BCUT2D eigenvalue weighted by Crippen LogP contribution is -2.43. The first-order chi connectivity index (χ1) is 15.4. The number of aryl methyl sites for hydroxylation is 1. The Labute approximate surface area is 190 Å². The molecular weight excluding hydrogens is 420 g/mol. The monoisotopic (exact) mass is 448 g/mol. The van der Waals surface area contributed by atoms with Crippen molar-refractivity contribution in [3.8, 4) is 0 Å². The predicted molar refractivity (Wildman–Crippen MR) is 126 cm³/mol. The van der Waals surface area contributed by atoms with Crippen LogP contribution >= 0.6 is 0 Å². The van der Waals surface area contributed by atoms with E-state index in [9.17, 15) is 13.2 Å². The highest BCUT2D eigenvalue weighted by atomic mass is 32.2. The predicted octanol–water partition coefficient (Wildman–Crippen LogP) is 4.30. The van der Waals surface area contributed by atoms with Gasteiger partial charge in [-0.25, -0.2) is 8.42 Å². The molecule has 3 aromatic carbocycles. The van der Waals surface area contributed by atoms with Gasteiger partial charge in [0.1, 0.15) is 0 Å². The summed E-state index contributed by atoms with van der Waals surface area (Å²) in [6.45, 7) is 2.73. The molecule has 4 rings (SSSR count). The van der Waals surface area contributed by atoms with Gasteiger partial charge >= 0.3 is 0 Å². The first kappa shape index (κ1) is 22.2. The number of hydrogen-bond acceptors (Lipinski definition) is 3. The third-order valence-corrected chi connectivity index (χ3v) is 7.95. The second-order valence-corrected chi connectivity index (χ2v) is 10.2. The number of carbonyl (C=O) groups excluding carboxylic acids is 1. The third-order valence-electron chi connectivity index (χ3n) is 6.04. The Morgan fingerprint density at radius 1 is 0.844 bits per heavy atom. The van der Waals surface area contributed by atoms with Crippen LogP contribution in [0, 0.1) is 12.8 Å². The molecular formula is C26H28N2O3S. The quantitative estimate of drug-likeness (QED) is 0.611. The molecule has 5 nitrogen and oxygen atoms in total. The molecule has 1 N–H and O–H groups in total. The van der Waals surface area contributed by atoms with Gasteiger partial charge < -0.3 is 5.32 Å². The minimum absolute atomic E-state index is 0.0313. The maximum atomic E-state index is 13.2. The Bertz CT molecular complexity index is 1140. The summed E-state index contributed by atoms with van der Waals surface area (Å²) in [7, 11) is -3.52. The third kappa shape index (κ3) is 4.92. The van der Waals surface area contributed by atoms with Crippen molar-refractivity contribution in [3.63, 3.8) is 0 Å². The molecule has 6 heteroatoms. The average Bonchev–Trinajstić information content (AvgIpc) is 2.84. The summed E-state index contributed by atoms with van der Waals surface area (Å²) in [6.07, 6.45) is 1.01. The Morgan fingerprint density at radius 2 is 1.38 bits per heavy atom. The zero-order valence-corrected chi connectivity index (χ0v) is 19.0. The normalized spacial score (nSPS) is 16.4. The van der Waals surface area contributed by atoms with E-state index in [4.69, 9.17) is 0 Å². The van der Waals surface area contributed by atoms with E-state index in [-0.39, 0.29) is 17.9 Å². The molecule has 0 saturated carbocycles. The molecule has 0 spiro atoms. The van der Waals surface area contributed by atoms with Crippen molar-refractivity contribution in [1.29, 1.82) is 0 Å². The van der Waals surface area contributed by atoms with Gasteiger partial charge in [-0.05, 0) is 43.0 Å². The number of rotatable bonds is 6. The molecule has 1 fully saturated rings. The molecule has 0 radical (unpaired) electrons. The van der Waals surface area contributed by atoms with E-state index in [1.54, 1.807) is 30.3 Å². The minimum atomic E-state index is -3.52. The van der Waals surface area contributed by atoms with E-state index >= 15 is 0 Å². The molecule has 1 aliphatic heterocycles. The van der Waals surface area contributed by atoms with Crippen molar-refractivity contribution < 1.29 is 13.2 Å². The molecule has 1 heterocycles. The fourth-order valence-electron chi connectivity index (χ4n) is 4.12. The average molecular weight is 449 g/mol. The van der Waals surface area contributed by atoms with E-state index < -0.39 is 10.0 Å². The van der Waals surface area contributed by atoms with Crippen molar-refractivity contribution in [3.05, 3.63) is 102 Å². The van der Waals surface area contributed by atoms with Gasteiger partial charge in [-0.1, -0.05) is 78.4 Å². The van der Waals surface area contributed by atoms with Gasteiger partial charge in [-0.3, -0.25) is 4.79 Å². The summed E-state index contributed by atoms with van der Waals surface area (Å²) >= 11 is 0. The Hall–Kier alpha value is -2.96. The molecule has 1 saturated heterocycles. The van der Waals surface area contributed by atoms with Crippen LogP contribution in [0.2, 0.25) is 0 Å². The molecule has 0 bridgehead atoms. The molecule has 1 amide bonds. The summed E-state index contributed by atoms with van der Waals surface area (Å²) < 4.78 is 27.2. The molecule has 1 aliphatic rings. The number of nitrogens with one attached hydrogen (secondary N) is 1. The van der Waals surface area contributed by atoms with Crippen LogP contribution in [0.1, 0.15) is 35.6 Å². The van der Waals surface area contributed by atoms with Crippen LogP contribution in [-0.2, 0) is 14.8 Å². The standard InChI is InChI=1S/C26H28N2O3S/c1-20-12-14-22(15-13-20)25(21-8-4-2-5-9-21)27-26(29)23-16-18-28(19-17-23)32(30,31)24-10-6-3-7-11-24/h2-15,23,25H,16-19H2,1H3,(H,27,29)/t25-/m1/s1. The van der Waals surface area contributed by atoms with Crippen LogP contribution in [0.5, 0.6) is 0 Å². The van der Waals surface area contributed by atoms with Gasteiger partial charge in [0.15, 0.2) is 0 Å².